The highest BCUT2D eigenvalue weighted by Crippen LogP contribution is 2.75. The third-order valence-corrected chi connectivity index (χ3v) is 8.21. The van der Waals surface area contributed by atoms with Crippen molar-refractivity contribution in [1.82, 2.24) is 14.8 Å². The summed E-state index contributed by atoms with van der Waals surface area (Å²) in [7, 11) is -3.23. The van der Waals surface area contributed by atoms with Gasteiger partial charge in [0.1, 0.15) is 16.3 Å². The molecular weight excluding hydrogens is 493 g/mol. The van der Waals surface area contributed by atoms with Gasteiger partial charge in [0.25, 0.3) is 5.91 Å². The average Bonchev–Trinajstić information content (AvgIpc) is 3.57. The van der Waals surface area contributed by atoms with E-state index in [1.54, 1.807) is 6.92 Å². The van der Waals surface area contributed by atoms with Crippen LogP contribution in [0.2, 0.25) is 0 Å². The van der Waals surface area contributed by atoms with Gasteiger partial charge in [-0.3, -0.25) is 9.48 Å². The molecule has 0 radical (unpaired) electrons. The van der Waals surface area contributed by atoms with Crippen LogP contribution in [0.1, 0.15) is 66.7 Å². The predicted molar refractivity (Wildman–Crippen MR) is 116 cm³/mol. The molecule has 0 aliphatic heterocycles. The number of anilines is 1. The number of rotatable bonds is 6. The summed E-state index contributed by atoms with van der Waals surface area (Å²) in [4.78, 5) is 17.1. The normalized spacial score (nSPS) is 24.9. The second-order valence-electron chi connectivity index (χ2n) is 10.6. The zero-order chi connectivity index (χ0) is 25.6. The standard InChI is InChI=1S/C22H24F5N5O2S/c1-19(9-21(23,24)10-19)11-32-17(18(33)30-12-3-6-29-14(7-12)35(2,28)34)15(22(25,26)27)16(31-32)13-8-20(13)4-5-20/h3,6-7,13,28H,4-5,8-11H2,1-2H3,(H,29,30,33)/t13?,35-/m1/s1. The van der Waals surface area contributed by atoms with Crippen LogP contribution in [-0.4, -0.2) is 37.1 Å². The molecule has 2 atom stereocenters. The van der Waals surface area contributed by atoms with Gasteiger partial charge in [0.2, 0.25) is 5.92 Å². The summed E-state index contributed by atoms with van der Waals surface area (Å²) < 4.78 is 90.8. The molecule has 2 aromatic heterocycles. The van der Waals surface area contributed by atoms with Gasteiger partial charge in [-0.25, -0.2) is 22.8 Å². The zero-order valence-electron chi connectivity index (χ0n) is 19.0. The number of alkyl halides is 5. The van der Waals surface area contributed by atoms with Crippen LogP contribution in [0.5, 0.6) is 0 Å². The maximum atomic E-state index is 14.3. The van der Waals surface area contributed by atoms with Crippen molar-refractivity contribution >= 4 is 21.3 Å². The Labute approximate surface area is 198 Å². The van der Waals surface area contributed by atoms with Crippen LogP contribution in [0.25, 0.3) is 0 Å². The molecule has 2 N–H and O–H groups in total. The van der Waals surface area contributed by atoms with E-state index in [0.29, 0.717) is 6.42 Å². The molecule has 3 fully saturated rings. The summed E-state index contributed by atoms with van der Waals surface area (Å²) in [5.74, 6) is -4.42. The van der Waals surface area contributed by atoms with Crippen LogP contribution in [0.3, 0.4) is 0 Å². The highest BCUT2D eigenvalue weighted by molar-refractivity contribution is 7.91. The first-order valence-corrected chi connectivity index (χ1v) is 13.1. The van der Waals surface area contributed by atoms with E-state index in [9.17, 15) is 31.0 Å². The number of hydrogen-bond donors (Lipinski definition) is 2. The van der Waals surface area contributed by atoms with Crippen LogP contribution >= 0.6 is 0 Å². The smallest absolute Gasteiger partial charge is 0.320 e. The number of hydrogen-bond acceptors (Lipinski definition) is 5. The molecule has 0 bridgehead atoms. The lowest BCUT2D eigenvalue weighted by atomic mass is 9.67. The largest absolute Gasteiger partial charge is 0.420 e. The van der Waals surface area contributed by atoms with Crippen molar-refractivity contribution in [3.63, 3.8) is 0 Å². The van der Waals surface area contributed by atoms with Crippen molar-refractivity contribution in [3.8, 4) is 0 Å². The molecule has 3 aliphatic carbocycles. The first-order chi connectivity index (χ1) is 16.0. The van der Waals surface area contributed by atoms with E-state index in [2.05, 4.69) is 15.4 Å². The third kappa shape index (κ3) is 4.43. The first-order valence-electron chi connectivity index (χ1n) is 11.1. The minimum atomic E-state index is -4.88. The molecule has 2 aromatic rings. The number of carbonyl (C=O) groups is 1. The first kappa shape index (κ1) is 24.1. The van der Waals surface area contributed by atoms with Crippen LogP contribution in [0.15, 0.2) is 23.4 Å². The van der Waals surface area contributed by atoms with Gasteiger partial charge in [0.05, 0.1) is 15.4 Å². The van der Waals surface area contributed by atoms with Gasteiger partial charge in [-0.2, -0.15) is 18.3 Å². The van der Waals surface area contributed by atoms with E-state index in [-0.39, 0.29) is 28.4 Å². The number of nitrogens with one attached hydrogen (secondary N) is 2. The molecule has 3 saturated carbocycles. The fourth-order valence-corrected chi connectivity index (χ4v) is 5.97. The van der Waals surface area contributed by atoms with E-state index in [4.69, 9.17) is 4.78 Å². The highest BCUT2D eigenvalue weighted by Gasteiger charge is 2.66. The zero-order valence-corrected chi connectivity index (χ0v) is 19.8. The molecule has 1 unspecified atom stereocenters. The molecule has 1 amide bonds. The second kappa shape index (κ2) is 7.23. The van der Waals surface area contributed by atoms with E-state index in [1.807, 2.05) is 0 Å². The minimum absolute atomic E-state index is 0.00993. The molecule has 5 rings (SSSR count). The Hall–Kier alpha value is -2.57. The maximum Gasteiger partial charge on any atom is 0.420 e. The lowest BCUT2D eigenvalue weighted by molar-refractivity contribution is -0.160. The Balaban J connectivity index is 1.56. The third-order valence-electron chi connectivity index (χ3n) is 7.18. The van der Waals surface area contributed by atoms with Crippen molar-refractivity contribution in [3.05, 3.63) is 35.3 Å². The Bertz CT molecular complexity index is 1320. The molecular formula is C22H24F5N5O2S. The summed E-state index contributed by atoms with van der Waals surface area (Å²) >= 11 is 0. The van der Waals surface area contributed by atoms with Crippen LogP contribution in [-0.2, 0) is 22.5 Å². The number of aromatic nitrogens is 3. The number of nitrogens with zero attached hydrogens (tertiary/aromatic N) is 3. The van der Waals surface area contributed by atoms with Gasteiger partial charge in [0, 0.05) is 43.4 Å². The van der Waals surface area contributed by atoms with Crippen molar-refractivity contribution < 1.29 is 31.0 Å². The van der Waals surface area contributed by atoms with Gasteiger partial charge < -0.3 is 5.32 Å². The lowest BCUT2D eigenvalue weighted by Gasteiger charge is -2.44. The molecule has 3 aliphatic rings. The number of amides is 1. The predicted octanol–water partition coefficient (Wildman–Crippen LogP) is 5.29. The van der Waals surface area contributed by atoms with Crippen molar-refractivity contribution in [2.24, 2.45) is 10.8 Å². The monoisotopic (exact) mass is 517 g/mol. The van der Waals surface area contributed by atoms with E-state index < -0.39 is 63.2 Å². The fourth-order valence-electron chi connectivity index (χ4n) is 5.36. The van der Waals surface area contributed by atoms with Crippen LogP contribution < -0.4 is 5.32 Å². The number of carbonyl (C=O) groups excluding carboxylic acids is 1. The number of pyridine rings is 1. The molecule has 0 saturated heterocycles. The molecule has 7 nitrogen and oxygen atoms in total. The minimum Gasteiger partial charge on any atom is -0.320 e. The Morgan fingerprint density at radius 1 is 1.31 bits per heavy atom. The highest BCUT2D eigenvalue weighted by atomic mass is 32.2. The van der Waals surface area contributed by atoms with Crippen LogP contribution in [0.4, 0.5) is 27.6 Å². The van der Waals surface area contributed by atoms with E-state index in [0.717, 1.165) is 29.8 Å². The van der Waals surface area contributed by atoms with Crippen molar-refractivity contribution in [2.75, 3.05) is 11.6 Å². The van der Waals surface area contributed by atoms with E-state index >= 15 is 0 Å². The van der Waals surface area contributed by atoms with E-state index in [1.165, 1.54) is 12.3 Å². The Morgan fingerprint density at radius 3 is 2.49 bits per heavy atom. The fraction of sp³-hybridized carbons (Fsp3) is 0.591. The summed E-state index contributed by atoms with van der Waals surface area (Å²) in [6.07, 6.45) is -1.42. The molecule has 13 heteroatoms. The van der Waals surface area contributed by atoms with Gasteiger partial charge in [0.15, 0.2) is 0 Å². The van der Waals surface area contributed by atoms with Gasteiger partial charge >= 0.3 is 6.18 Å². The van der Waals surface area contributed by atoms with Crippen LogP contribution in [0, 0.1) is 15.6 Å². The summed E-state index contributed by atoms with van der Waals surface area (Å²) in [6, 6.07) is 2.46. The summed E-state index contributed by atoms with van der Waals surface area (Å²) in [5.41, 5.74) is -3.24. The Kier molecular flexibility index (Phi) is 4.99. The summed E-state index contributed by atoms with van der Waals surface area (Å²) in [5, 5.41) is 6.44. The molecule has 2 heterocycles. The van der Waals surface area contributed by atoms with Crippen molar-refractivity contribution in [2.45, 2.75) is 68.6 Å². The second-order valence-corrected chi connectivity index (χ2v) is 12.7. The van der Waals surface area contributed by atoms with Gasteiger partial charge in [-0.15, -0.1) is 0 Å². The maximum absolute atomic E-state index is 14.3. The quantitative estimate of drug-likeness (QED) is 0.509. The topological polar surface area (TPSA) is 101 Å². The van der Waals surface area contributed by atoms with Crippen molar-refractivity contribution in [1.29, 1.82) is 4.78 Å². The van der Waals surface area contributed by atoms with Gasteiger partial charge in [-0.1, -0.05) is 6.92 Å². The number of halogens is 5. The Morgan fingerprint density at radius 2 is 1.97 bits per heavy atom. The lowest BCUT2D eigenvalue weighted by Crippen LogP contribution is -2.47. The average molecular weight is 518 g/mol. The molecule has 0 aromatic carbocycles. The summed E-state index contributed by atoms with van der Waals surface area (Å²) in [6.45, 7) is 1.28. The molecule has 1 spiro atoms. The molecule has 35 heavy (non-hydrogen) atoms. The SMILES string of the molecule is CC1(Cn2nc(C3CC34CC4)c(C(F)(F)F)c2C(=O)Nc2ccnc([S@](C)(=N)=O)c2)CC(F)(F)C1. The van der Waals surface area contributed by atoms with Gasteiger partial charge in [-0.05, 0) is 42.2 Å². The molecule has 190 valence electrons.